The van der Waals surface area contributed by atoms with Gasteiger partial charge in [-0.15, -0.1) is 0 Å². The van der Waals surface area contributed by atoms with Crippen LogP contribution in [0.1, 0.15) is 100 Å². The highest BCUT2D eigenvalue weighted by Gasteiger charge is 2.34. The van der Waals surface area contributed by atoms with Gasteiger partial charge in [0, 0.05) is 0 Å². The Labute approximate surface area is 250 Å². The van der Waals surface area contributed by atoms with Crippen molar-refractivity contribution in [1.82, 2.24) is 26.6 Å². The number of hydrogen-bond donors (Lipinski definition) is 5. The van der Waals surface area contributed by atoms with Gasteiger partial charge in [-0.1, -0.05) is 67.2 Å². The molecule has 240 valence electrons. The van der Waals surface area contributed by atoms with Crippen molar-refractivity contribution >= 4 is 35.5 Å². The molecule has 1 aliphatic rings. The molecule has 0 bridgehead atoms. The lowest BCUT2D eigenvalue weighted by Crippen LogP contribution is -2.58. The van der Waals surface area contributed by atoms with E-state index < -0.39 is 71.7 Å². The molecule has 1 fully saturated rings. The lowest BCUT2D eigenvalue weighted by molar-refractivity contribution is -0.158. The Hall–Kier alpha value is -3.18. The average Bonchev–Trinajstić information content (AvgIpc) is 2.91. The molecule has 42 heavy (non-hydrogen) atoms. The van der Waals surface area contributed by atoms with E-state index >= 15 is 0 Å². The Morgan fingerprint density at radius 1 is 0.738 bits per heavy atom. The van der Waals surface area contributed by atoms with Gasteiger partial charge in [-0.25, -0.2) is 4.79 Å². The van der Waals surface area contributed by atoms with Gasteiger partial charge in [0.05, 0.1) is 12.5 Å². The topological polar surface area (TPSA) is 172 Å². The van der Waals surface area contributed by atoms with E-state index in [1.807, 2.05) is 13.8 Å². The van der Waals surface area contributed by atoms with E-state index in [2.05, 4.69) is 33.5 Å². The van der Waals surface area contributed by atoms with E-state index in [4.69, 9.17) is 4.74 Å². The fraction of sp³-hybridized carbons (Fsp3) is 0.800. The van der Waals surface area contributed by atoms with E-state index in [0.29, 0.717) is 6.42 Å². The Kier molecular flexibility index (Phi) is 16.1. The molecule has 1 saturated heterocycles. The molecule has 0 unspecified atom stereocenters. The van der Waals surface area contributed by atoms with Crippen LogP contribution in [-0.4, -0.2) is 72.3 Å². The second-order valence-corrected chi connectivity index (χ2v) is 12.1. The van der Waals surface area contributed by atoms with Crippen LogP contribution in [0.5, 0.6) is 0 Å². The molecule has 0 aliphatic carbocycles. The summed E-state index contributed by atoms with van der Waals surface area (Å²) in [6, 6.07) is -3.98. The Balaban J connectivity index is 3.36. The highest BCUT2D eigenvalue weighted by molar-refractivity contribution is 5.95. The smallest absolute Gasteiger partial charge is 0.328 e. The van der Waals surface area contributed by atoms with Gasteiger partial charge < -0.3 is 31.3 Å². The molecule has 0 aromatic carbocycles. The third-order valence-corrected chi connectivity index (χ3v) is 7.33. The summed E-state index contributed by atoms with van der Waals surface area (Å²) in [5.41, 5.74) is 0. The standard InChI is InChI=1S/C30H53N5O7/c1-9-10-11-12-13-14-23-19(6)26(37)31-16-24(36)32-20(7)27(38)33-21(8)28(39)35-25(18(4)5)29(40)34-22(15-17(2)3)30(41)42-23/h17-23,25H,9-16H2,1-8H3,(H,31,37)(H,32,36)(H,33,38)(H,34,40)(H,35,39)/t19-,20+,21+,22+,23-,25+/m0/s1. The van der Waals surface area contributed by atoms with Crippen LogP contribution in [0.25, 0.3) is 0 Å². The van der Waals surface area contributed by atoms with Crippen LogP contribution in [0.3, 0.4) is 0 Å². The normalized spacial score (nSPS) is 27.6. The van der Waals surface area contributed by atoms with Gasteiger partial charge in [0.15, 0.2) is 0 Å². The second-order valence-electron chi connectivity index (χ2n) is 12.1. The highest BCUT2D eigenvalue weighted by Crippen LogP contribution is 2.19. The molecule has 0 spiro atoms. The number of carbonyl (C=O) groups excluding carboxylic acids is 6. The van der Waals surface area contributed by atoms with Crippen LogP contribution in [0, 0.1) is 17.8 Å². The van der Waals surface area contributed by atoms with Crippen LogP contribution >= 0.6 is 0 Å². The lowest BCUT2D eigenvalue weighted by atomic mass is 9.96. The number of carbonyl (C=O) groups is 6. The van der Waals surface area contributed by atoms with Crippen molar-refractivity contribution in [2.24, 2.45) is 17.8 Å². The van der Waals surface area contributed by atoms with Crippen molar-refractivity contribution in [3.05, 3.63) is 0 Å². The van der Waals surface area contributed by atoms with Crippen molar-refractivity contribution in [2.75, 3.05) is 6.54 Å². The fourth-order valence-corrected chi connectivity index (χ4v) is 4.61. The van der Waals surface area contributed by atoms with Crippen LogP contribution in [0.15, 0.2) is 0 Å². The summed E-state index contributed by atoms with van der Waals surface area (Å²) < 4.78 is 5.90. The highest BCUT2D eigenvalue weighted by atomic mass is 16.5. The molecule has 0 radical (unpaired) electrons. The number of unbranched alkanes of at least 4 members (excludes halogenated alkanes) is 4. The van der Waals surface area contributed by atoms with E-state index in [0.717, 1.165) is 32.1 Å². The van der Waals surface area contributed by atoms with Crippen molar-refractivity contribution < 1.29 is 33.5 Å². The molecule has 0 aromatic rings. The number of amides is 5. The van der Waals surface area contributed by atoms with Crippen LogP contribution in [0.2, 0.25) is 0 Å². The van der Waals surface area contributed by atoms with E-state index in [9.17, 15) is 28.8 Å². The van der Waals surface area contributed by atoms with E-state index in [1.54, 1.807) is 20.8 Å². The minimum atomic E-state index is -1.01. The minimum Gasteiger partial charge on any atom is -0.460 e. The first kappa shape index (κ1) is 36.8. The predicted octanol–water partition coefficient (Wildman–Crippen LogP) is 1.71. The monoisotopic (exact) mass is 595 g/mol. The van der Waals surface area contributed by atoms with Gasteiger partial charge in [-0.3, -0.25) is 24.0 Å². The molecule has 5 N–H and O–H groups in total. The SMILES string of the molecule is CCCCCCC[C@@H]1OC(=O)[C@@H](CC(C)C)NC(=O)[C@@H](C(C)C)NC(=O)[C@@H](C)NC(=O)[C@@H](C)NC(=O)CNC(=O)[C@H]1C. The van der Waals surface area contributed by atoms with Crippen LogP contribution in [0.4, 0.5) is 0 Å². The first-order chi connectivity index (χ1) is 19.7. The number of ether oxygens (including phenoxy) is 1. The van der Waals surface area contributed by atoms with Crippen molar-refractivity contribution in [3.8, 4) is 0 Å². The first-order valence-corrected chi connectivity index (χ1v) is 15.4. The lowest BCUT2D eigenvalue weighted by Gasteiger charge is -2.29. The van der Waals surface area contributed by atoms with Gasteiger partial charge in [0.1, 0.15) is 30.3 Å². The maximum absolute atomic E-state index is 13.5. The van der Waals surface area contributed by atoms with Gasteiger partial charge >= 0.3 is 5.97 Å². The molecule has 1 heterocycles. The number of cyclic esters (lactones) is 1. The third-order valence-electron chi connectivity index (χ3n) is 7.33. The van der Waals surface area contributed by atoms with E-state index in [1.165, 1.54) is 13.8 Å². The molecular weight excluding hydrogens is 542 g/mol. The first-order valence-electron chi connectivity index (χ1n) is 15.4. The zero-order valence-corrected chi connectivity index (χ0v) is 26.6. The molecular formula is C30H53N5O7. The molecule has 1 aliphatic heterocycles. The molecule has 12 heteroatoms. The quantitative estimate of drug-likeness (QED) is 0.199. The van der Waals surface area contributed by atoms with Crippen LogP contribution in [-0.2, 0) is 33.5 Å². The minimum absolute atomic E-state index is 0.0282. The average molecular weight is 596 g/mol. The second kappa shape index (κ2) is 18.4. The Morgan fingerprint density at radius 3 is 1.93 bits per heavy atom. The maximum atomic E-state index is 13.5. The van der Waals surface area contributed by atoms with Gasteiger partial charge in [0.2, 0.25) is 29.5 Å². The Bertz CT molecular complexity index is 939. The van der Waals surface area contributed by atoms with Crippen molar-refractivity contribution in [2.45, 2.75) is 131 Å². The summed E-state index contributed by atoms with van der Waals surface area (Å²) in [5.74, 6) is -4.55. The zero-order chi connectivity index (χ0) is 32.0. The number of hydrogen-bond acceptors (Lipinski definition) is 7. The number of rotatable bonds is 9. The number of nitrogens with one attached hydrogen (secondary N) is 5. The predicted molar refractivity (Wildman–Crippen MR) is 159 cm³/mol. The van der Waals surface area contributed by atoms with E-state index in [-0.39, 0.29) is 24.8 Å². The Morgan fingerprint density at radius 2 is 1.33 bits per heavy atom. The number of esters is 1. The summed E-state index contributed by atoms with van der Waals surface area (Å²) in [4.78, 5) is 77.9. The summed E-state index contributed by atoms with van der Waals surface area (Å²) in [6.07, 6.45) is 4.80. The summed E-state index contributed by atoms with van der Waals surface area (Å²) in [6.45, 7) is 13.6. The molecule has 5 amide bonds. The molecule has 0 aromatic heterocycles. The largest absolute Gasteiger partial charge is 0.460 e. The van der Waals surface area contributed by atoms with Gasteiger partial charge in [0.25, 0.3) is 0 Å². The van der Waals surface area contributed by atoms with Crippen LogP contribution < -0.4 is 26.6 Å². The van der Waals surface area contributed by atoms with Crippen molar-refractivity contribution in [3.63, 3.8) is 0 Å². The molecule has 1 rings (SSSR count). The van der Waals surface area contributed by atoms with Crippen molar-refractivity contribution in [1.29, 1.82) is 0 Å². The summed E-state index contributed by atoms with van der Waals surface area (Å²) in [7, 11) is 0. The summed E-state index contributed by atoms with van der Waals surface area (Å²) in [5, 5.41) is 13.0. The van der Waals surface area contributed by atoms with Gasteiger partial charge in [-0.05, 0) is 44.9 Å². The fourth-order valence-electron chi connectivity index (χ4n) is 4.61. The zero-order valence-electron chi connectivity index (χ0n) is 26.6. The third kappa shape index (κ3) is 12.8. The molecule has 6 atom stereocenters. The molecule has 0 saturated carbocycles. The maximum Gasteiger partial charge on any atom is 0.328 e. The van der Waals surface area contributed by atoms with Gasteiger partial charge in [-0.2, -0.15) is 0 Å². The summed E-state index contributed by atoms with van der Waals surface area (Å²) >= 11 is 0. The molecule has 12 nitrogen and oxygen atoms in total.